The topological polar surface area (TPSA) is 66.0 Å². The van der Waals surface area contributed by atoms with Gasteiger partial charge in [0, 0.05) is 38.6 Å². The summed E-state index contributed by atoms with van der Waals surface area (Å²) >= 11 is 0. The van der Waals surface area contributed by atoms with E-state index in [1.807, 2.05) is 17.8 Å². The Balaban J connectivity index is 1.58. The Hall–Kier alpha value is -1.69. The van der Waals surface area contributed by atoms with Crippen LogP contribution in [0.4, 0.5) is 0 Å². The van der Waals surface area contributed by atoms with Gasteiger partial charge in [0.2, 0.25) is 11.7 Å². The predicted octanol–water partition coefficient (Wildman–Crippen LogP) is 1.75. The maximum atomic E-state index is 5.44. The molecule has 6 nitrogen and oxygen atoms in total. The van der Waals surface area contributed by atoms with Crippen LogP contribution in [0, 0.1) is 5.41 Å². The molecule has 1 saturated heterocycles. The van der Waals surface area contributed by atoms with Crippen molar-refractivity contribution in [2.75, 3.05) is 13.2 Å². The molecule has 1 atom stereocenters. The average Bonchev–Trinajstić information content (AvgIpc) is 2.84. The number of aromatic nitrogens is 4. The second-order valence-electron chi connectivity index (χ2n) is 5.55. The summed E-state index contributed by atoms with van der Waals surface area (Å²) in [4.78, 5) is 8.76. The van der Waals surface area contributed by atoms with E-state index >= 15 is 0 Å². The maximum absolute atomic E-state index is 5.44. The maximum Gasteiger partial charge on any atom is 0.238 e. The quantitative estimate of drug-likeness (QED) is 0.823. The van der Waals surface area contributed by atoms with Crippen molar-refractivity contribution in [2.45, 2.75) is 25.2 Å². The molecule has 1 saturated carbocycles. The molecule has 100 valence electrons. The molecule has 0 aromatic carbocycles. The molecule has 0 amide bonds. The minimum Gasteiger partial charge on any atom is -0.381 e. The Bertz CT molecular complexity index is 597. The van der Waals surface area contributed by atoms with Gasteiger partial charge in [-0.15, -0.1) is 0 Å². The highest BCUT2D eigenvalue weighted by molar-refractivity contribution is 5.42. The van der Waals surface area contributed by atoms with E-state index in [2.05, 4.69) is 15.1 Å². The lowest BCUT2D eigenvalue weighted by molar-refractivity contribution is 0.0544. The van der Waals surface area contributed by atoms with E-state index in [9.17, 15) is 0 Å². The first-order valence-electron chi connectivity index (χ1n) is 6.68. The van der Waals surface area contributed by atoms with Gasteiger partial charge in [0.05, 0.1) is 0 Å². The first-order valence-corrected chi connectivity index (χ1v) is 6.68. The van der Waals surface area contributed by atoms with Crippen LogP contribution in [0.15, 0.2) is 16.9 Å². The molecule has 1 aliphatic carbocycles. The molecule has 1 spiro atoms. The molecule has 1 aliphatic heterocycles. The molecule has 1 unspecified atom stereocenters. The summed E-state index contributed by atoms with van der Waals surface area (Å²) in [6.45, 7) is 1.72. The third-order valence-electron chi connectivity index (χ3n) is 4.44. The molecule has 0 N–H and O–H groups in total. The third-order valence-corrected chi connectivity index (χ3v) is 4.44. The van der Waals surface area contributed by atoms with E-state index < -0.39 is 0 Å². The summed E-state index contributed by atoms with van der Waals surface area (Å²) in [5, 5.41) is 4.06. The van der Waals surface area contributed by atoms with Gasteiger partial charge >= 0.3 is 0 Å². The summed E-state index contributed by atoms with van der Waals surface area (Å²) in [7, 11) is 1.93. The second-order valence-corrected chi connectivity index (χ2v) is 5.55. The van der Waals surface area contributed by atoms with Crippen molar-refractivity contribution < 1.29 is 9.26 Å². The number of hydrogen-bond acceptors (Lipinski definition) is 5. The van der Waals surface area contributed by atoms with Crippen molar-refractivity contribution in [1.82, 2.24) is 19.7 Å². The molecular formula is C13H16N4O2. The zero-order valence-electron chi connectivity index (χ0n) is 10.9. The lowest BCUT2D eigenvalue weighted by atomic mass is 9.94. The zero-order valence-corrected chi connectivity index (χ0v) is 10.9. The Morgan fingerprint density at radius 2 is 2.21 bits per heavy atom. The van der Waals surface area contributed by atoms with Crippen LogP contribution in [-0.4, -0.2) is 32.9 Å². The Morgan fingerprint density at radius 3 is 2.95 bits per heavy atom. The van der Waals surface area contributed by atoms with Crippen molar-refractivity contribution in [3.63, 3.8) is 0 Å². The van der Waals surface area contributed by atoms with Crippen molar-refractivity contribution in [2.24, 2.45) is 12.5 Å². The van der Waals surface area contributed by atoms with Gasteiger partial charge in [-0.1, -0.05) is 5.16 Å². The lowest BCUT2D eigenvalue weighted by Crippen LogP contribution is -2.18. The van der Waals surface area contributed by atoms with Crippen molar-refractivity contribution >= 4 is 0 Å². The summed E-state index contributed by atoms with van der Waals surface area (Å²) in [6.07, 6.45) is 6.99. The Kier molecular flexibility index (Phi) is 2.29. The normalized spacial score (nSPS) is 24.8. The van der Waals surface area contributed by atoms with E-state index in [1.165, 1.54) is 0 Å². The summed E-state index contributed by atoms with van der Waals surface area (Å²) in [6, 6.07) is 0. The molecule has 2 aliphatic rings. The van der Waals surface area contributed by atoms with Gasteiger partial charge in [0.1, 0.15) is 0 Å². The molecule has 19 heavy (non-hydrogen) atoms. The molecule has 2 aromatic rings. The molecule has 6 heteroatoms. The summed E-state index contributed by atoms with van der Waals surface area (Å²) < 4.78 is 12.8. The molecule has 2 fully saturated rings. The van der Waals surface area contributed by atoms with Crippen LogP contribution < -0.4 is 0 Å². The van der Waals surface area contributed by atoms with Crippen molar-refractivity contribution in [3.8, 4) is 11.6 Å². The van der Waals surface area contributed by atoms with E-state index in [1.54, 1.807) is 6.20 Å². The first kappa shape index (κ1) is 11.2. The Morgan fingerprint density at radius 1 is 1.37 bits per heavy atom. The molecule has 2 aromatic heterocycles. The summed E-state index contributed by atoms with van der Waals surface area (Å²) in [5.74, 6) is 2.51. The standard InChI is InChI=1S/C13H16N4O2/c1-17-5-4-14-11(17)10-15-12(19-16-10)9-8-13(9)2-6-18-7-3-13/h4-5,9H,2-3,6-8H2,1H3. The fourth-order valence-electron chi connectivity index (χ4n) is 3.08. The number of nitrogens with zero attached hydrogens (tertiary/aromatic N) is 4. The summed E-state index contributed by atoms with van der Waals surface area (Å²) in [5.41, 5.74) is 0.365. The fourth-order valence-corrected chi connectivity index (χ4v) is 3.08. The van der Waals surface area contributed by atoms with Crippen LogP contribution in [-0.2, 0) is 11.8 Å². The average molecular weight is 260 g/mol. The highest BCUT2D eigenvalue weighted by Crippen LogP contribution is 2.64. The third kappa shape index (κ3) is 1.70. The van der Waals surface area contributed by atoms with Gasteiger partial charge < -0.3 is 13.8 Å². The van der Waals surface area contributed by atoms with Crippen LogP contribution in [0.5, 0.6) is 0 Å². The Labute approximate surface area is 110 Å². The van der Waals surface area contributed by atoms with Crippen LogP contribution in [0.3, 0.4) is 0 Å². The van der Waals surface area contributed by atoms with E-state index in [-0.39, 0.29) is 0 Å². The van der Waals surface area contributed by atoms with E-state index in [0.717, 1.165) is 44.2 Å². The van der Waals surface area contributed by atoms with Gasteiger partial charge in [0.15, 0.2) is 5.82 Å². The molecule has 0 radical (unpaired) electrons. The number of aryl methyl sites for hydroxylation is 1. The molecule has 3 heterocycles. The number of rotatable bonds is 2. The minimum absolute atomic E-state index is 0.365. The fraction of sp³-hybridized carbons (Fsp3) is 0.615. The monoisotopic (exact) mass is 260 g/mol. The van der Waals surface area contributed by atoms with Crippen LogP contribution >= 0.6 is 0 Å². The van der Waals surface area contributed by atoms with Gasteiger partial charge in [-0.25, -0.2) is 4.98 Å². The predicted molar refractivity (Wildman–Crippen MR) is 66.3 cm³/mol. The molecule has 4 rings (SSSR count). The highest BCUT2D eigenvalue weighted by atomic mass is 16.5. The van der Waals surface area contributed by atoms with Crippen molar-refractivity contribution in [1.29, 1.82) is 0 Å². The first-order chi connectivity index (χ1) is 9.28. The largest absolute Gasteiger partial charge is 0.381 e. The van der Waals surface area contributed by atoms with Crippen LogP contribution in [0.2, 0.25) is 0 Å². The smallest absolute Gasteiger partial charge is 0.238 e. The van der Waals surface area contributed by atoms with Gasteiger partial charge in [-0.3, -0.25) is 0 Å². The number of ether oxygens (including phenoxy) is 1. The van der Waals surface area contributed by atoms with Gasteiger partial charge in [-0.05, 0) is 24.7 Å². The molecule has 0 bridgehead atoms. The van der Waals surface area contributed by atoms with E-state index in [0.29, 0.717) is 17.2 Å². The van der Waals surface area contributed by atoms with Crippen LogP contribution in [0.25, 0.3) is 11.6 Å². The van der Waals surface area contributed by atoms with Crippen molar-refractivity contribution in [3.05, 3.63) is 18.3 Å². The number of hydrogen-bond donors (Lipinski definition) is 0. The lowest BCUT2D eigenvalue weighted by Gasteiger charge is -2.21. The second kappa shape index (κ2) is 3.90. The van der Waals surface area contributed by atoms with Crippen LogP contribution in [0.1, 0.15) is 31.1 Å². The minimum atomic E-state index is 0.365. The molecular weight excluding hydrogens is 244 g/mol. The van der Waals surface area contributed by atoms with Gasteiger partial charge in [0.25, 0.3) is 0 Å². The highest BCUT2D eigenvalue weighted by Gasteiger charge is 2.57. The van der Waals surface area contributed by atoms with E-state index in [4.69, 9.17) is 9.26 Å². The van der Waals surface area contributed by atoms with Gasteiger partial charge in [-0.2, -0.15) is 4.98 Å². The SMILES string of the molecule is Cn1ccnc1-c1noc(C2CC23CCOCC3)n1. The number of imidazole rings is 1. The zero-order chi connectivity index (χ0) is 12.9.